The molecule has 0 aliphatic heterocycles. The second-order valence-corrected chi connectivity index (χ2v) is 4.19. The molecule has 1 atom stereocenters. The van der Waals surface area contributed by atoms with E-state index in [1.54, 1.807) is 0 Å². The lowest BCUT2D eigenvalue weighted by molar-refractivity contribution is 0.0737. The molecule has 3 nitrogen and oxygen atoms in total. The Kier molecular flexibility index (Phi) is 5.45. The van der Waals surface area contributed by atoms with Gasteiger partial charge in [-0.1, -0.05) is 26.2 Å². The SMILES string of the molecule is CCN(C(CN)CO)C1CCCCC1. The van der Waals surface area contributed by atoms with Crippen LogP contribution in [-0.2, 0) is 0 Å². The summed E-state index contributed by atoms with van der Waals surface area (Å²) in [6.45, 7) is 3.93. The third-order valence-corrected chi connectivity index (χ3v) is 3.36. The summed E-state index contributed by atoms with van der Waals surface area (Å²) in [7, 11) is 0. The lowest BCUT2D eigenvalue weighted by atomic mass is 9.93. The molecule has 1 aliphatic carbocycles. The van der Waals surface area contributed by atoms with Crippen molar-refractivity contribution in [1.82, 2.24) is 4.90 Å². The number of hydrogen-bond acceptors (Lipinski definition) is 3. The van der Waals surface area contributed by atoms with E-state index in [9.17, 15) is 5.11 Å². The van der Waals surface area contributed by atoms with Gasteiger partial charge >= 0.3 is 0 Å². The van der Waals surface area contributed by atoms with Crippen LogP contribution in [-0.4, -0.2) is 41.8 Å². The quantitative estimate of drug-likeness (QED) is 0.695. The lowest BCUT2D eigenvalue weighted by Gasteiger charge is -2.38. The van der Waals surface area contributed by atoms with E-state index < -0.39 is 0 Å². The minimum Gasteiger partial charge on any atom is -0.395 e. The van der Waals surface area contributed by atoms with Crippen LogP contribution in [0.3, 0.4) is 0 Å². The largest absolute Gasteiger partial charge is 0.395 e. The second-order valence-electron chi connectivity index (χ2n) is 4.19. The van der Waals surface area contributed by atoms with Gasteiger partial charge in [0.15, 0.2) is 0 Å². The van der Waals surface area contributed by atoms with Crippen LogP contribution in [0.15, 0.2) is 0 Å². The van der Waals surface area contributed by atoms with E-state index in [0.29, 0.717) is 12.6 Å². The highest BCUT2D eigenvalue weighted by molar-refractivity contribution is 4.81. The molecule has 0 radical (unpaired) electrons. The van der Waals surface area contributed by atoms with Gasteiger partial charge in [-0.05, 0) is 19.4 Å². The van der Waals surface area contributed by atoms with Crippen molar-refractivity contribution in [2.24, 2.45) is 5.73 Å². The zero-order valence-electron chi connectivity index (χ0n) is 9.28. The Morgan fingerprint density at radius 3 is 2.43 bits per heavy atom. The first-order valence-corrected chi connectivity index (χ1v) is 5.90. The van der Waals surface area contributed by atoms with Gasteiger partial charge in [-0.2, -0.15) is 0 Å². The highest BCUT2D eigenvalue weighted by Gasteiger charge is 2.24. The zero-order chi connectivity index (χ0) is 10.4. The predicted octanol–water partition coefficient (Wildman–Crippen LogP) is 0.961. The standard InChI is InChI=1S/C11H24N2O/c1-2-13(11(8-12)9-14)10-6-4-3-5-7-10/h10-11,14H,2-9,12H2,1H3. The normalized spacial score (nSPS) is 21.4. The third-order valence-electron chi connectivity index (χ3n) is 3.36. The molecule has 3 heteroatoms. The first kappa shape index (κ1) is 12.0. The van der Waals surface area contributed by atoms with Crippen molar-refractivity contribution in [3.05, 3.63) is 0 Å². The first-order valence-electron chi connectivity index (χ1n) is 5.90. The molecule has 14 heavy (non-hydrogen) atoms. The summed E-state index contributed by atoms with van der Waals surface area (Å²) in [6.07, 6.45) is 6.61. The summed E-state index contributed by atoms with van der Waals surface area (Å²) in [5, 5.41) is 9.24. The van der Waals surface area contributed by atoms with Crippen LogP contribution in [0, 0.1) is 0 Å². The fraction of sp³-hybridized carbons (Fsp3) is 1.00. The van der Waals surface area contributed by atoms with Gasteiger partial charge in [0.05, 0.1) is 6.61 Å². The van der Waals surface area contributed by atoms with Gasteiger partial charge in [-0.25, -0.2) is 0 Å². The summed E-state index contributed by atoms with van der Waals surface area (Å²) in [4.78, 5) is 2.39. The van der Waals surface area contributed by atoms with Crippen LogP contribution in [0.2, 0.25) is 0 Å². The summed E-state index contributed by atoms with van der Waals surface area (Å²) >= 11 is 0. The van der Waals surface area contributed by atoms with Gasteiger partial charge in [0.2, 0.25) is 0 Å². The van der Waals surface area contributed by atoms with Crippen LogP contribution in [0.5, 0.6) is 0 Å². The Hall–Kier alpha value is -0.120. The van der Waals surface area contributed by atoms with E-state index in [0.717, 1.165) is 6.54 Å². The summed E-state index contributed by atoms with van der Waals surface area (Å²) in [5.41, 5.74) is 5.66. The number of aliphatic hydroxyl groups excluding tert-OH is 1. The van der Waals surface area contributed by atoms with Gasteiger partial charge in [-0.15, -0.1) is 0 Å². The maximum absolute atomic E-state index is 9.24. The molecule has 0 saturated heterocycles. The number of nitrogens with zero attached hydrogens (tertiary/aromatic N) is 1. The molecular formula is C11H24N2O. The minimum absolute atomic E-state index is 0.170. The first-order chi connectivity index (χ1) is 6.83. The van der Waals surface area contributed by atoms with Gasteiger partial charge < -0.3 is 10.8 Å². The predicted molar refractivity (Wildman–Crippen MR) is 59.2 cm³/mol. The van der Waals surface area contributed by atoms with Gasteiger partial charge in [0.25, 0.3) is 0 Å². The van der Waals surface area contributed by atoms with Crippen LogP contribution >= 0.6 is 0 Å². The van der Waals surface area contributed by atoms with Gasteiger partial charge in [-0.3, -0.25) is 4.90 Å². The molecule has 0 aromatic carbocycles. The second kappa shape index (κ2) is 6.38. The van der Waals surface area contributed by atoms with E-state index in [4.69, 9.17) is 5.73 Å². The molecule has 84 valence electrons. The molecule has 0 aromatic rings. The maximum atomic E-state index is 9.24. The fourth-order valence-electron chi connectivity index (χ4n) is 2.54. The maximum Gasteiger partial charge on any atom is 0.0599 e. The highest BCUT2D eigenvalue weighted by Crippen LogP contribution is 2.23. The van der Waals surface area contributed by atoms with Gasteiger partial charge in [0, 0.05) is 18.6 Å². The monoisotopic (exact) mass is 200 g/mol. The molecule has 1 saturated carbocycles. The smallest absolute Gasteiger partial charge is 0.0599 e. The molecule has 1 unspecified atom stereocenters. The lowest BCUT2D eigenvalue weighted by Crippen LogP contribution is -2.49. The van der Waals surface area contributed by atoms with E-state index >= 15 is 0 Å². The third kappa shape index (κ3) is 2.94. The molecule has 0 aromatic heterocycles. The van der Waals surface area contributed by atoms with Crippen molar-refractivity contribution >= 4 is 0 Å². The van der Waals surface area contributed by atoms with Crippen LogP contribution in [0.1, 0.15) is 39.0 Å². The van der Waals surface area contributed by atoms with Gasteiger partial charge in [0.1, 0.15) is 0 Å². The molecular weight excluding hydrogens is 176 g/mol. The van der Waals surface area contributed by atoms with Crippen molar-refractivity contribution < 1.29 is 5.11 Å². The number of rotatable bonds is 5. The molecule has 1 rings (SSSR count). The van der Waals surface area contributed by atoms with Crippen molar-refractivity contribution in [3.8, 4) is 0 Å². The van der Waals surface area contributed by atoms with Crippen molar-refractivity contribution in [2.75, 3.05) is 19.7 Å². The van der Waals surface area contributed by atoms with Crippen molar-refractivity contribution in [3.63, 3.8) is 0 Å². The van der Waals surface area contributed by atoms with E-state index in [1.165, 1.54) is 32.1 Å². The topological polar surface area (TPSA) is 49.5 Å². The number of aliphatic hydroxyl groups is 1. The number of likely N-dealkylation sites (N-methyl/N-ethyl adjacent to an activating group) is 1. The van der Waals surface area contributed by atoms with Crippen LogP contribution in [0.25, 0.3) is 0 Å². The number of hydrogen-bond donors (Lipinski definition) is 2. The molecule has 1 fully saturated rings. The van der Waals surface area contributed by atoms with Crippen molar-refractivity contribution in [2.45, 2.75) is 51.1 Å². The summed E-state index contributed by atoms with van der Waals surface area (Å²) in [6, 6.07) is 0.831. The zero-order valence-corrected chi connectivity index (χ0v) is 9.28. The Balaban J connectivity index is 2.49. The molecule has 0 bridgehead atoms. The molecule has 0 heterocycles. The number of nitrogens with two attached hydrogens (primary N) is 1. The van der Waals surface area contributed by atoms with Crippen LogP contribution in [0.4, 0.5) is 0 Å². The summed E-state index contributed by atoms with van der Waals surface area (Å²) < 4.78 is 0. The van der Waals surface area contributed by atoms with Crippen molar-refractivity contribution in [1.29, 1.82) is 0 Å². The average molecular weight is 200 g/mol. The molecule has 0 amide bonds. The Labute approximate surface area is 87.3 Å². The Morgan fingerprint density at radius 2 is 2.00 bits per heavy atom. The Morgan fingerprint density at radius 1 is 1.36 bits per heavy atom. The summed E-state index contributed by atoms with van der Waals surface area (Å²) in [5.74, 6) is 0. The average Bonchev–Trinajstić information content (AvgIpc) is 2.27. The Bertz CT molecular complexity index is 142. The van der Waals surface area contributed by atoms with E-state index in [1.807, 2.05) is 0 Å². The van der Waals surface area contributed by atoms with Crippen LogP contribution < -0.4 is 5.73 Å². The van der Waals surface area contributed by atoms with E-state index in [-0.39, 0.29) is 12.6 Å². The minimum atomic E-state index is 0.170. The molecule has 3 N–H and O–H groups in total. The highest BCUT2D eigenvalue weighted by atomic mass is 16.3. The molecule has 0 spiro atoms. The fourth-order valence-corrected chi connectivity index (χ4v) is 2.54. The molecule has 1 aliphatic rings. The van der Waals surface area contributed by atoms with E-state index in [2.05, 4.69) is 11.8 Å².